The molecule has 2 heterocycles. The first kappa shape index (κ1) is 21.6. The molecule has 6 nitrogen and oxygen atoms in total. The Labute approximate surface area is 172 Å². The van der Waals surface area contributed by atoms with Gasteiger partial charge in [-0.15, -0.1) is 10.2 Å². The first-order chi connectivity index (χ1) is 14.2. The lowest BCUT2D eigenvalue weighted by atomic mass is 9.98. The Morgan fingerprint density at radius 1 is 1.20 bits per heavy atom. The summed E-state index contributed by atoms with van der Waals surface area (Å²) in [5.41, 5.74) is 1.12. The average Bonchev–Trinajstić information content (AvgIpc) is 2.73. The standard InChI is InChI=1S/C21H22F3N5O/c1-14-13-28(9-10-29(14)19-8-7-18(12-25)26-27-19)20(30)11-16-3-5-17(6-4-16)15(2)21(22,23)24/h3-8,14-15H,9-11,13H2,1-2H3/t14-,15?/m0/s1. The van der Waals surface area contributed by atoms with Crippen molar-refractivity contribution < 1.29 is 18.0 Å². The van der Waals surface area contributed by atoms with Crippen LogP contribution in [0.4, 0.5) is 19.0 Å². The molecule has 2 atom stereocenters. The SMILES string of the molecule is CC(c1ccc(CC(=O)N2CCN(c3ccc(C#N)nn3)[C@@H](C)C2)cc1)C(F)(F)F. The van der Waals surface area contributed by atoms with Crippen LogP contribution in [0.25, 0.3) is 0 Å². The largest absolute Gasteiger partial charge is 0.395 e. The predicted molar refractivity (Wildman–Crippen MR) is 105 cm³/mol. The minimum absolute atomic E-state index is 0.0138. The third kappa shape index (κ3) is 4.87. The van der Waals surface area contributed by atoms with Crippen molar-refractivity contribution >= 4 is 11.7 Å². The van der Waals surface area contributed by atoms with Crippen LogP contribution >= 0.6 is 0 Å². The summed E-state index contributed by atoms with van der Waals surface area (Å²) in [7, 11) is 0. The number of hydrogen-bond acceptors (Lipinski definition) is 5. The molecule has 1 amide bonds. The van der Waals surface area contributed by atoms with E-state index in [0.29, 0.717) is 31.0 Å². The highest BCUT2D eigenvalue weighted by Crippen LogP contribution is 2.34. The molecule has 1 unspecified atom stereocenters. The van der Waals surface area contributed by atoms with Crippen LogP contribution in [0.5, 0.6) is 0 Å². The van der Waals surface area contributed by atoms with E-state index in [9.17, 15) is 18.0 Å². The molecule has 0 N–H and O–H groups in total. The summed E-state index contributed by atoms with van der Waals surface area (Å²) in [6.07, 6.45) is -4.14. The zero-order chi connectivity index (χ0) is 21.9. The van der Waals surface area contributed by atoms with Crippen molar-refractivity contribution in [3.8, 4) is 6.07 Å². The highest BCUT2D eigenvalue weighted by Gasteiger charge is 2.37. The maximum absolute atomic E-state index is 12.8. The third-order valence-electron chi connectivity index (χ3n) is 5.37. The molecule has 1 aromatic carbocycles. The smallest absolute Gasteiger partial charge is 0.349 e. The Balaban J connectivity index is 1.59. The number of carbonyl (C=O) groups is 1. The highest BCUT2D eigenvalue weighted by molar-refractivity contribution is 5.79. The monoisotopic (exact) mass is 417 g/mol. The summed E-state index contributed by atoms with van der Waals surface area (Å²) >= 11 is 0. The van der Waals surface area contributed by atoms with Crippen LogP contribution in [0, 0.1) is 11.3 Å². The molecule has 30 heavy (non-hydrogen) atoms. The van der Waals surface area contributed by atoms with Crippen molar-refractivity contribution in [1.82, 2.24) is 15.1 Å². The molecule has 1 aliphatic rings. The first-order valence-corrected chi connectivity index (χ1v) is 9.63. The van der Waals surface area contributed by atoms with Crippen molar-refractivity contribution in [3.05, 3.63) is 53.2 Å². The number of benzene rings is 1. The summed E-state index contributed by atoms with van der Waals surface area (Å²) < 4.78 is 38.5. The lowest BCUT2D eigenvalue weighted by molar-refractivity contribution is -0.146. The second kappa shape index (κ2) is 8.69. The van der Waals surface area contributed by atoms with E-state index in [1.807, 2.05) is 17.9 Å². The van der Waals surface area contributed by atoms with Gasteiger partial charge in [0.1, 0.15) is 6.07 Å². The summed E-state index contributed by atoms with van der Waals surface area (Å²) in [5, 5.41) is 16.7. The fourth-order valence-electron chi connectivity index (χ4n) is 3.46. The number of nitrogens with zero attached hydrogens (tertiary/aromatic N) is 5. The van der Waals surface area contributed by atoms with Crippen LogP contribution in [0.3, 0.4) is 0 Å². The Hall–Kier alpha value is -3.15. The van der Waals surface area contributed by atoms with Gasteiger partial charge in [-0.3, -0.25) is 4.79 Å². The molecule has 9 heteroatoms. The molecular formula is C21H22F3N5O. The zero-order valence-corrected chi connectivity index (χ0v) is 16.7. The lowest BCUT2D eigenvalue weighted by Crippen LogP contribution is -2.54. The zero-order valence-electron chi connectivity index (χ0n) is 16.7. The molecule has 1 aromatic heterocycles. The molecule has 1 saturated heterocycles. The average molecular weight is 417 g/mol. The number of aromatic nitrogens is 2. The normalized spacial score (nSPS) is 18.1. The van der Waals surface area contributed by atoms with E-state index >= 15 is 0 Å². The number of rotatable bonds is 4. The van der Waals surface area contributed by atoms with Crippen molar-refractivity contribution in [2.45, 2.75) is 38.4 Å². The summed E-state index contributed by atoms with van der Waals surface area (Å²) in [6.45, 7) is 4.69. The van der Waals surface area contributed by atoms with Crippen LogP contribution in [-0.2, 0) is 11.2 Å². The number of alkyl halides is 3. The van der Waals surface area contributed by atoms with Gasteiger partial charge in [-0.1, -0.05) is 24.3 Å². The Bertz CT molecular complexity index is 922. The fourth-order valence-corrected chi connectivity index (χ4v) is 3.46. The van der Waals surface area contributed by atoms with Crippen molar-refractivity contribution in [1.29, 1.82) is 5.26 Å². The minimum Gasteiger partial charge on any atom is -0.349 e. The van der Waals surface area contributed by atoms with E-state index in [-0.39, 0.29) is 29.6 Å². The quantitative estimate of drug-likeness (QED) is 0.763. The Kier molecular flexibility index (Phi) is 6.25. The van der Waals surface area contributed by atoms with Crippen molar-refractivity contribution in [2.75, 3.05) is 24.5 Å². The minimum atomic E-state index is -4.29. The molecule has 0 bridgehead atoms. The van der Waals surface area contributed by atoms with Gasteiger partial charge in [-0.2, -0.15) is 18.4 Å². The first-order valence-electron chi connectivity index (χ1n) is 9.63. The molecule has 3 rings (SSSR count). The van der Waals surface area contributed by atoms with Gasteiger partial charge in [0.2, 0.25) is 5.91 Å². The molecular weight excluding hydrogens is 395 g/mol. The van der Waals surface area contributed by atoms with Crippen molar-refractivity contribution in [3.63, 3.8) is 0 Å². The van der Waals surface area contributed by atoms with E-state index in [1.165, 1.54) is 12.1 Å². The maximum atomic E-state index is 12.8. The van der Waals surface area contributed by atoms with Gasteiger partial charge in [0.15, 0.2) is 11.5 Å². The number of halogens is 3. The summed E-state index contributed by atoms with van der Waals surface area (Å²) in [6, 6.07) is 11.3. The van der Waals surface area contributed by atoms with Crippen molar-refractivity contribution in [2.24, 2.45) is 0 Å². The van der Waals surface area contributed by atoms with E-state index in [0.717, 1.165) is 6.92 Å². The molecule has 1 fully saturated rings. The summed E-state index contributed by atoms with van der Waals surface area (Å²) in [4.78, 5) is 16.5. The topological polar surface area (TPSA) is 73.1 Å². The molecule has 0 spiro atoms. The molecule has 1 aliphatic heterocycles. The predicted octanol–water partition coefficient (Wildman–Crippen LogP) is 3.29. The van der Waals surface area contributed by atoms with E-state index in [2.05, 4.69) is 10.2 Å². The summed E-state index contributed by atoms with van der Waals surface area (Å²) in [5.74, 6) is -0.950. The van der Waals surface area contributed by atoms with Crippen LogP contribution in [0.2, 0.25) is 0 Å². The number of piperazine rings is 1. The van der Waals surface area contributed by atoms with E-state index in [4.69, 9.17) is 5.26 Å². The number of hydrogen-bond donors (Lipinski definition) is 0. The van der Waals surface area contributed by atoms with Crippen LogP contribution in [0.1, 0.15) is 36.6 Å². The van der Waals surface area contributed by atoms with Crippen LogP contribution in [-0.4, -0.2) is 52.9 Å². The molecule has 2 aromatic rings. The maximum Gasteiger partial charge on any atom is 0.395 e. The van der Waals surface area contributed by atoms with Gasteiger partial charge in [-0.25, -0.2) is 0 Å². The van der Waals surface area contributed by atoms with Gasteiger partial charge in [0, 0.05) is 25.7 Å². The van der Waals surface area contributed by atoms with Gasteiger partial charge >= 0.3 is 6.18 Å². The highest BCUT2D eigenvalue weighted by atomic mass is 19.4. The van der Waals surface area contributed by atoms with Gasteiger partial charge < -0.3 is 9.80 Å². The number of carbonyl (C=O) groups excluding carboxylic acids is 1. The van der Waals surface area contributed by atoms with Gasteiger partial charge in [0.05, 0.1) is 12.3 Å². The van der Waals surface area contributed by atoms with E-state index < -0.39 is 12.1 Å². The number of nitriles is 1. The Morgan fingerprint density at radius 3 is 2.43 bits per heavy atom. The Morgan fingerprint density at radius 2 is 1.90 bits per heavy atom. The molecule has 0 radical (unpaired) electrons. The second-order valence-electron chi connectivity index (χ2n) is 7.45. The lowest BCUT2D eigenvalue weighted by Gasteiger charge is -2.40. The third-order valence-corrected chi connectivity index (χ3v) is 5.37. The van der Waals surface area contributed by atoms with Gasteiger partial charge in [-0.05, 0) is 37.1 Å². The molecule has 158 valence electrons. The fraction of sp³-hybridized carbons (Fsp3) is 0.429. The second-order valence-corrected chi connectivity index (χ2v) is 7.45. The number of amides is 1. The van der Waals surface area contributed by atoms with E-state index in [1.54, 1.807) is 29.2 Å². The van der Waals surface area contributed by atoms with Gasteiger partial charge in [0.25, 0.3) is 0 Å². The molecule has 0 saturated carbocycles. The molecule has 0 aliphatic carbocycles. The van der Waals surface area contributed by atoms with Crippen LogP contribution in [0.15, 0.2) is 36.4 Å². The van der Waals surface area contributed by atoms with Crippen LogP contribution < -0.4 is 4.90 Å². The number of anilines is 1.